The van der Waals surface area contributed by atoms with Gasteiger partial charge in [0.2, 0.25) is 10.4 Å². The zero-order valence-corrected chi connectivity index (χ0v) is 18.1. The van der Waals surface area contributed by atoms with E-state index < -0.39 is 20.8 Å². The van der Waals surface area contributed by atoms with Gasteiger partial charge in [0.05, 0.1) is 0 Å². The van der Waals surface area contributed by atoms with Crippen molar-refractivity contribution < 1.29 is 189 Å². The Kier molecular flexibility index (Phi) is 34.6. The van der Waals surface area contributed by atoms with Gasteiger partial charge in [0.1, 0.15) is 0 Å². The minimum atomic E-state index is -5.17. The van der Waals surface area contributed by atoms with Gasteiger partial charge in [-0.3, -0.25) is 13.0 Å². The first-order valence-electron chi connectivity index (χ1n) is 1.35. The molecule has 0 aliphatic carbocycles. The van der Waals surface area contributed by atoms with Gasteiger partial charge < -0.3 is 13.7 Å². The van der Waals surface area contributed by atoms with Crippen molar-refractivity contribution in [2.45, 2.75) is 0 Å². The predicted octanol–water partition coefficient (Wildman–Crippen LogP) is -11.3. The zero-order valence-electron chi connectivity index (χ0n) is 7.12. The molecule has 0 aliphatic rings. The van der Waals surface area contributed by atoms with Crippen LogP contribution in [-0.4, -0.2) is 35.0 Å². The molecule has 0 amide bonds. The van der Waals surface area contributed by atoms with Crippen LogP contribution < -0.4 is 154 Å². The third-order valence-corrected chi connectivity index (χ3v) is 0. The predicted molar refractivity (Wildman–Crippen MR) is 22.8 cm³/mol. The van der Waals surface area contributed by atoms with Crippen LogP contribution in [0, 0.1) is 0 Å². The molecule has 64 valence electrons. The quantitative estimate of drug-likeness (QED) is 0.262. The van der Waals surface area contributed by atoms with Crippen molar-refractivity contribution in [2.24, 2.45) is 0 Å². The summed E-state index contributed by atoms with van der Waals surface area (Å²) in [6, 6.07) is 0. The SMILES string of the molecule is O=S(=O)([O-])O.O=S(=O)([O-])[O-].[K+].[K+].[K+]. The van der Waals surface area contributed by atoms with E-state index in [1.165, 1.54) is 0 Å². The van der Waals surface area contributed by atoms with Crippen LogP contribution in [0.25, 0.3) is 0 Å². The molecule has 0 rings (SSSR count). The Labute approximate surface area is 203 Å². The van der Waals surface area contributed by atoms with Crippen molar-refractivity contribution in [3.05, 3.63) is 0 Å². The Morgan fingerprint density at radius 2 is 0.769 bits per heavy atom. The molecule has 0 unspecified atom stereocenters. The van der Waals surface area contributed by atoms with Crippen LogP contribution in [0.2, 0.25) is 0 Å². The first-order chi connectivity index (χ1) is 4.00. The molecule has 0 aromatic heterocycles. The summed E-state index contributed by atoms with van der Waals surface area (Å²) in [5, 5.41) is 0. The summed E-state index contributed by atoms with van der Waals surface area (Å²) < 4.78 is 66.9. The van der Waals surface area contributed by atoms with E-state index in [1.807, 2.05) is 0 Å². The second kappa shape index (κ2) is 14.7. The Hall–Kier alpha value is 4.65. The van der Waals surface area contributed by atoms with E-state index in [2.05, 4.69) is 0 Å². The molecule has 0 heterocycles. The molecule has 8 nitrogen and oxygen atoms in total. The maximum absolute atomic E-state index is 8.63. The maximum atomic E-state index is 8.63. The molecule has 1 N–H and O–H groups in total. The fraction of sp³-hybridized carbons (Fsp3) is 0. The van der Waals surface area contributed by atoms with Crippen LogP contribution in [-0.2, 0) is 20.8 Å². The molecular weight excluding hydrogens is 309 g/mol. The fourth-order valence-corrected chi connectivity index (χ4v) is 0. The molecule has 0 saturated carbocycles. The maximum Gasteiger partial charge on any atom is 1.00 e. The molecule has 0 aliphatic heterocycles. The van der Waals surface area contributed by atoms with Gasteiger partial charge in [0, 0.05) is 10.4 Å². The van der Waals surface area contributed by atoms with Crippen molar-refractivity contribution in [1.82, 2.24) is 0 Å². The van der Waals surface area contributed by atoms with Gasteiger partial charge in [0.25, 0.3) is 0 Å². The number of hydrogen-bond donors (Lipinski definition) is 1. The van der Waals surface area contributed by atoms with E-state index in [9.17, 15) is 0 Å². The van der Waals surface area contributed by atoms with E-state index >= 15 is 0 Å². The van der Waals surface area contributed by atoms with Gasteiger partial charge in [-0.25, -0.2) is 8.42 Å². The van der Waals surface area contributed by atoms with Crippen LogP contribution >= 0.6 is 0 Å². The summed E-state index contributed by atoms with van der Waals surface area (Å²) >= 11 is 0. The number of hydrogen-bond acceptors (Lipinski definition) is 7. The Morgan fingerprint density at radius 1 is 0.769 bits per heavy atom. The van der Waals surface area contributed by atoms with Crippen molar-refractivity contribution in [3.8, 4) is 0 Å². The zero-order chi connectivity index (χ0) is 9.00. The average molecular weight is 310 g/mol. The topological polar surface area (TPSA) is 158 Å². The van der Waals surface area contributed by atoms with Crippen LogP contribution in [0.3, 0.4) is 0 Å². The molecule has 0 radical (unpaired) electrons. The van der Waals surface area contributed by atoms with Gasteiger partial charge in [-0.05, 0) is 0 Å². The summed E-state index contributed by atoms with van der Waals surface area (Å²) in [5.74, 6) is 0. The summed E-state index contributed by atoms with van der Waals surface area (Å²) in [6.45, 7) is 0. The van der Waals surface area contributed by atoms with Crippen molar-refractivity contribution in [1.29, 1.82) is 0 Å². The molecule has 13 heteroatoms. The van der Waals surface area contributed by atoms with Gasteiger partial charge in [0.15, 0.2) is 0 Å². The molecule has 0 spiro atoms. The van der Waals surface area contributed by atoms with E-state index in [-0.39, 0.29) is 154 Å². The largest absolute Gasteiger partial charge is 1.00 e. The second-order valence-corrected chi connectivity index (χ2v) is 2.51. The van der Waals surface area contributed by atoms with Crippen molar-refractivity contribution >= 4 is 20.8 Å². The van der Waals surface area contributed by atoms with Gasteiger partial charge in [-0.2, -0.15) is 0 Å². The summed E-state index contributed by atoms with van der Waals surface area (Å²) in [5.41, 5.74) is 0. The van der Waals surface area contributed by atoms with Crippen molar-refractivity contribution in [3.63, 3.8) is 0 Å². The van der Waals surface area contributed by atoms with E-state index in [0.29, 0.717) is 0 Å². The molecule has 0 atom stereocenters. The van der Waals surface area contributed by atoms with Gasteiger partial charge in [-0.1, -0.05) is 0 Å². The smallest absolute Gasteiger partial charge is 0.759 e. The molecule has 13 heavy (non-hydrogen) atoms. The minimum Gasteiger partial charge on any atom is -0.759 e. The molecule has 0 fully saturated rings. The van der Waals surface area contributed by atoms with Crippen LogP contribution in [0.15, 0.2) is 0 Å². The molecule has 0 aromatic carbocycles. The monoisotopic (exact) mass is 310 g/mol. The molecule has 0 bridgehead atoms. The molecular formula is HK3O8S2. The van der Waals surface area contributed by atoms with E-state index in [0.717, 1.165) is 0 Å². The standard InChI is InChI=1S/3K.2H2O4S/c;;;2*1-5(2,3)4/h;;;2*(H2,1,2,3,4)/q3*+1;;/p-3. The summed E-state index contributed by atoms with van der Waals surface area (Å²) in [7, 11) is -10.1. The first kappa shape index (κ1) is 30.6. The second-order valence-electron chi connectivity index (χ2n) is 0.836. The minimum absolute atomic E-state index is 0. The van der Waals surface area contributed by atoms with E-state index in [4.69, 9.17) is 35.0 Å². The van der Waals surface area contributed by atoms with Crippen LogP contribution in [0.4, 0.5) is 0 Å². The third kappa shape index (κ3) is 165. The average Bonchev–Trinajstić information content (AvgIpc) is 1.12. The van der Waals surface area contributed by atoms with Crippen LogP contribution in [0.1, 0.15) is 0 Å². The van der Waals surface area contributed by atoms with E-state index in [1.54, 1.807) is 0 Å². The first-order valence-corrected chi connectivity index (χ1v) is 4.05. The summed E-state index contributed by atoms with van der Waals surface area (Å²) in [6.07, 6.45) is 0. The number of rotatable bonds is 0. The Morgan fingerprint density at radius 3 is 0.769 bits per heavy atom. The molecule has 0 aromatic rings. The van der Waals surface area contributed by atoms with Crippen molar-refractivity contribution in [2.75, 3.05) is 0 Å². The third-order valence-electron chi connectivity index (χ3n) is 0. The Bertz CT molecular complexity index is 214. The Balaban J connectivity index is -0.0000000267. The summed E-state index contributed by atoms with van der Waals surface area (Å²) in [4.78, 5) is 0. The molecule has 0 saturated heterocycles. The van der Waals surface area contributed by atoms with Crippen LogP contribution in [0.5, 0.6) is 0 Å². The van der Waals surface area contributed by atoms with Gasteiger partial charge >= 0.3 is 154 Å². The fourth-order valence-electron chi connectivity index (χ4n) is 0. The normalized spacial score (nSPS) is 8.92. The van der Waals surface area contributed by atoms with Gasteiger partial charge in [-0.15, -0.1) is 0 Å².